The molecule has 0 bridgehead atoms. The van der Waals surface area contributed by atoms with Crippen molar-refractivity contribution >= 4 is 50.8 Å². The smallest absolute Gasteiger partial charge is 0.340 e. The number of benzene rings is 3. The van der Waals surface area contributed by atoms with Crippen LogP contribution in [0.4, 0.5) is 35.0 Å². The topological polar surface area (TPSA) is 93.4 Å². The van der Waals surface area contributed by atoms with Gasteiger partial charge in [0.15, 0.2) is 0 Å². The lowest BCUT2D eigenvalue weighted by Crippen LogP contribution is -2.47. The van der Waals surface area contributed by atoms with Crippen LogP contribution in [0.3, 0.4) is 0 Å². The Kier molecular flexibility index (Phi) is 6.92. The zero-order chi connectivity index (χ0) is 31.2. The van der Waals surface area contributed by atoms with Gasteiger partial charge in [0, 0.05) is 47.6 Å². The number of halogens is 3. The van der Waals surface area contributed by atoms with Crippen LogP contribution in [0, 0.1) is 11.3 Å². The van der Waals surface area contributed by atoms with Crippen molar-refractivity contribution < 1.29 is 22.8 Å². The Morgan fingerprint density at radius 1 is 0.864 bits per heavy atom. The first kappa shape index (κ1) is 28.6. The highest BCUT2D eigenvalue weighted by atomic mass is 19.4. The first-order chi connectivity index (χ1) is 21.0. The van der Waals surface area contributed by atoms with Crippen LogP contribution in [0.25, 0.3) is 21.8 Å². The molecule has 3 aromatic carbocycles. The summed E-state index contributed by atoms with van der Waals surface area (Å²) in [7, 11) is 0. The van der Waals surface area contributed by atoms with Gasteiger partial charge in [-0.25, -0.2) is 9.69 Å². The van der Waals surface area contributed by atoms with Crippen LogP contribution in [0.15, 0.2) is 91.3 Å². The molecule has 6 rings (SSSR count). The molecule has 0 unspecified atom stereocenters. The van der Waals surface area contributed by atoms with Crippen LogP contribution in [0.1, 0.15) is 25.0 Å². The van der Waals surface area contributed by atoms with Crippen molar-refractivity contribution in [2.75, 3.05) is 22.9 Å². The number of carbonyl (C=O) groups is 2. The molecule has 8 nitrogen and oxygen atoms in total. The fourth-order valence-corrected chi connectivity index (χ4v) is 5.49. The van der Waals surface area contributed by atoms with E-state index in [0.717, 1.165) is 44.1 Å². The molecule has 220 valence electrons. The quantitative estimate of drug-likeness (QED) is 0.196. The molecule has 11 heteroatoms. The number of nitrogens with zero attached hydrogens (tertiary/aromatic N) is 6. The van der Waals surface area contributed by atoms with E-state index in [1.165, 1.54) is 17.0 Å². The van der Waals surface area contributed by atoms with Crippen molar-refractivity contribution in [1.82, 2.24) is 14.9 Å². The second-order valence-electron chi connectivity index (χ2n) is 10.9. The molecule has 1 saturated heterocycles. The maximum absolute atomic E-state index is 13.7. The number of anilines is 3. The Bertz CT molecular complexity index is 1910. The molecule has 0 atom stereocenters. The van der Waals surface area contributed by atoms with Gasteiger partial charge >= 0.3 is 12.2 Å². The summed E-state index contributed by atoms with van der Waals surface area (Å²) in [4.78, 5) is 40.3. The van der Waals surface area contributed by atoms with E-state index in [2.05, 4.69) is 9.97 Å². The monoisotopic (exact) mass is 594 g/mol. The number of fused-ring (bicyclic) bond motifs is 2. The molecule has 0 radical (unpaired) electrons. The van der Waals surface area contributed by atoms with Crippen LogP contribution >= 0.6 is 0 Å². The molecule has 1 fully saturated rings. The summed E-state index contributed by atoms with van der Waals surface area (Å²) in [6.45, 7) is 3.43. The molecule has 44 heavy (non-hydrogen) atoms. The van der Waals surface area contributed by atoms with E-state index < -0.39 is 34.8 Å². The maximum atomic E-state index is 13.7. The van der Waals surface area contributed by atoms with Crippen molar-refractivity contribution in [1.29, 1.82) is 5.26 Å². The van der Waals surface area contributed by atoms with E-state index in [0.29, 0.717) is 6.07 Å². The molecule has 0 aliphatic carbocycles. The van der Waals surface area contributed by atoms with E-state index in [1.807, 2.05) is 65.6 Å². The minimum absolute atomic E-state index is 0.0665. The SMILES string of the molecule is CC1(C)C(=O)N(c2ccc(C#N)c(C(F)(F)F)c2)C(=O)N1CCN(c1ccc2cccnc2c1)c1ccc2cccnc2c1. The number of hydrogen-bond acceptors (Lipinski definition) is 6. The minimum atomic E-state index is -4.84. The van der Waals surface area contributed by atoms with Crippen molar-refractivity contribution in [3.05, 3.63) is 102 Å². The average molecular weight is 595 g/mol. The van der Waals surface area contributed by atoms with Gasteiger partial charge < -0.3 is 9.80 Å². The zero-order valence-electron chi connectivity index (χ0n) is 23.7. The van der Waals surface area contributed by atoms with Crippen LogP contribution < -0.4 is 9.80 Å². The average Bonchev–Trinajstić information content (AvgIpc) is 3.18. The summed E-state index contributed by atoms with van der Waals surface area (Å²) in [6.07, 6.45) is -1.43. The number of amides is 3. The minimum Gasteiger partial charge on any atom is -0.340 e. The second-order valence-corrected chi connectivity index (χ2v) is 10.9. The summed E-state index contributed by atoms with van der Waals surface area (Å²) in [5, 5.41) is 11.1. The summed E-state index contributed by atoms with van der Waals surface area (Å²) in [5.74, 6) is -0.670. The number of rotatable bonds is 6. The van der Waals surface area contributed by atoms with Gasteiger partial charge in [0.1, 0.15) is 5.54 Å². The van der Waals surface area contributed by atoms with Gasteiger partial charge in [-0.1, -0.05) is 24.3 Å². The predicted molar refractivity (Wildman–Crippen MR) is 160 cm³/mol. The van der Waals surface area contributed by atoms with Crippen LogP contribution in [-0.4, -0.2) is 45.4 Å². The van der Waals surface area contributed by atoms with E-state index in [9.17, 15) is 28.0 Å². The summed E-state index contributed by atoms with van der Waals surface area (Å²) in [5.41, 5.74) is -0.284. The van der Waals surface area contributed by atoms with Gasteiger partial charge in [-0.15, -0.1) is 0 Å². The van der Waals surface area contributed by atoms with E-state index in [4.69, 9.17) is 0 Å². The standard InChI is InChI=1S/C33H25F3N6O2/c1-32(2)30(43)42(26-12-9-23(20-37)27(17-26)33(34,35)36)31(44)41(32)16-15-40(24-10-7-21-5-3-13-38-28(21)18-24)25-11-8-22-6-4-14-39-29(22)19-25/h3-14,17-19H,15-16H2,1-2H3. The molecule has 0 N–H and O–H groups in total. The molecule has 3 amide bonds. The molecule has 2 aromatic heterocycles. The van der Waals surface area contributed by atoms with Gasteiger partial charge in [-0.2, -0.15) is 18.4 Å². The van der Waals surface area contributed by atoms with Crippen molar-refractivity contribution in [3.63, 3.8) is 0 Å². The van der Waals surface area contributed by atoms with E-state index in [-0.39, 0.29) is 18.8 Å². The van der Waals surface area contributed by atoms with Gasteiger partial charge in [0.05, 0.1) is 33.9 Å². The predicted octanol–water partition coefficient (Wildman–Crippen LogP) is 7.06. The number of pyridine rings is 2. The van der Waals surface area contributed by atoms with Gasteiger partial charge in [-0.3, -0.25) is 14.8 Å². The first-order valence-corrected chi connectivity index (χ1v) is 13.7. The summed E-state index contributed by atoms with van der Waals surface area (Å²) < 4.78 is 41.1. The third-order valence-electron chi connectivity index (χ3n) is 7.86. The second kappa shape index (κ2) is 10.6. The first-order valence-electron chi connectivity index (χ1n) is 13.7. The normalized spacial score (nSPS) is 14.8. The Labute approximate surface area is 250 Å². The highest BCUT2D eigenvalue weighted by molar-refractivity contribution is 6.23. The Morgan fingerprint density at radius 2 is 1.45 bits per heavy atom. The fraction of sp³-hybridized carbons (Fsp3) is 0.182. The Hall–Kier alpha value is -5.50. The number of imide groups is 1. The molecule has 3 heterocycles. The summed E-state index contributed by atoms with van der Waals surface area (Å²) >= 11 is 0. The highest BCUT2D eigenvalue weighted by Gasteiger charge is 2.52. The zero-order valence-corrected chi connectivity index (χ0v) is 23.7. The molecular weight excluding hydrogens is 569 g/mol. The number of alkyl halides is 3. The molecule has 0 spiro atoms. The number of aromatic nitrogens is 2. The van der Waals surface area contributed by atoms with Crippen molar-refractivity contribution in [2.24, 2.45) is 0 Å². The van der Waals surface area contributed by atoms with Crippen molar-refractivity contribution in [2.45, 2.75) is 25.6 Å². The van der Waals surface area contributed by atoms with Crippen LogP contribution in [0.5, 0.6) is 0 Å². The number of hydrogen-bond donors (Lipinski definition) is 0. The lowest BCUT2D eigenvalue weighted by Gasteiger charge is -2.32. The number of carbonyl (C=O) groups excluding carboxylic acids is 2. The number of nitriles is 1. The largest absolute Gasteiger partial charge is 0.417 e. The highest BCUT2D eigenvalue weighted by Crippen LogP contribution is 2.38. The molecular formula is C33H25F3N6O2. The fourth-order valence-electron chi connectivity index (χ4n) is 5.49. The molecule has 0 saturated carbocycles. The van der Waals surface area contributed by atoms with E-state index in [1.54, 1.807) is 26.2 Å². The van der Waals surface area contributed by atoms with Gasteiger partial charge in [-0.05, 0) is 68.4 Å². The lowest BCUT2D eigenvalue weighted by atomic mass is 10.0. The van der Waals surface area contributed by atoms with Gasteiger partial charge in [0.2, 0.25) is 0 Å². The third kappa shape index (κ3) is 4.94. The van der Waals surface area contributed by atoms with Crippen molar-refractivity contribution in [3.8, 4) is 6.07 Å². The molecule has 5 aromatic rings. The molecule has 1 aliphatic heterocycles. The Morgan fingerprint density at radius 3 is 2.00 bits per heavy atom. The third-order valence-corrected chi connectivity index (χ3v) is 7.86. The van der Waals surface area contributed by atoms with E-state index >= 15 is 0 Å². The van der Waals surface area contributed by atoms with Gasteiger partial charge in [0.25, 0.3) is 5.91 Å². The Balaban J connectivity index is 1.36. The van der Waals surface area contributed by atoms with Crippen LogP contribution in [0.2, 0.25) is 0 Å². The number of urea groups is 1. The molecule has 1 aliphatic rings. The lowest BCUT2D eigenvalue weighted by molar-refractivity contribution is -0.137. The summed E-state index contributed by atoms with van der Waals surface area (Å²) in [6, 6.07) is 22.8. The van der Waals surface area contributed by atoms with Crippen LogP contribution in [-0.2, 0) is 11.0 Å². The maximum Gasteiger partial charge on any atom is 0.417 e.